The highest BCUT2D eigenvalue weighted by Crippen LogP contribution is 2.12. The molecule has 0 spiro atoms. The van der Waals surface area contributed by atoms with E-state index in [4.69, 9.17) is 0 Å². The first kappa shape index (κ1) is 8.30. The van der Waals surface area contributed by atoms with Crippen molar-refractivity contribution in [1.29, 1.82) is 0 Å². The molecule has 3 heterocycles. The molecular formula is C8H8N6O. The quantitative estimate of drug-likeness (QED) is 0.562. The Morgan fingerprint density at radius 2 is 2.27 bits per heavy atom. The molecule has 0 radical (unpaired) electrons. The summed E-state index contributed by atoms with van der Waals surface area (Å²) in [6, 6.07) is 0. The normalized spacial score (nSPS) is 14.1. The van der Waals surface area contributed by atoms with Gasteiger partial charge in [-0.05, 0) is 0 Å². The van der Waals surface area contributed by atoms with E-state index in [0.29, 0.717) is 30.2 Å². The highest BCUT2D eigenvalue weighted by atomic mass is 16.1. The van der Waals surface area contributed by atoms with Crippen LogP contribution in [-0.4, -0.2) is 25.4 Å². The van der Waals surface area contributed by atoms with Gasteiger partial charge in [-0.3, -0.25) is 4.79 Å². The Hall–Kier alpha value is -2.02. The smallest absolute Gasteiger partial charge is 0.256 e. The third-order valence-corrected chi connectivity index (χ3v) is 2.35. The van der Waals surface area contributed by atoms with Crippen LogP contribution in [0.3, 0.4) is 0 Å². The molecule has 0 fully saturated rings. The van der Waals surface area contributed by atoms with Gasteiger partial charge >= 0.3 is 0 Å². The van der Waals surface area contributed by atoms with E-state index in [9.17, 15) is 4.79 Å². The van der Waals surface area contributed by atoms with Crippen LogP contribution in [0.5, 0.6) is 0 Å². The second kappa shape index (κ2) is 2.99. The monoisotopic (exact) mass is 204 g/mol. The number of fused-ring (bicyclic) bond motifs is 1. The molecule has 7 nitrogen and oxygen atoms in total. The largest absolute Gasteiger partial charge is 0.307 e. The van der Waals surface area contributed by atoms with E-state index in [1.807, 2.05) is 0 Å². The van der Waals surface area contributed by atoms with E-state index in [1.54, 1.807) is 0 Å². The summed E-state index contributed by atoms with van der Waals surface area (Å²) in [4.78, 5) is 18.6. The summed E-state index contributed by atoms with van der Waals surface area (Å²) in [6.07, 6.45) is 1.52. The zero-order chi connectivity index (χ0) is 10.3. The predicted molar refractivity (Wildman–Crippen MR) is 50.8 cm³/mol. The Kier molecular flexibility index (Phi) is 1.65. The fraction of sp³-hybridized carbons (Fsp3) is 0.250. The van der Waals surface area contributed by atoms with Crippen molar-refractivity contribution in [3.05, 3.63) is 27.8 Å². The van der Waals surface area contributed by atoms with Gasteiger partial charge in [-0.2, -0.15) is 15.4 Å². The van der Waals surface area contributed by atoms with Crippen molar-refractivity contribution < 1.29 is 0 Å². The van der Waals surface area contributed by atoms with Crippen molar-refractivity contribution in [3.63, 3.8) is 0 Å². The fourth-order valence-electron chi connectivity index (χ4n) is 1.62. The lowest BCUT2D eigenvalue weighted by Crippen LogP contribution is -2.15. The Balaban J connectivity index is 2.20. The number of nitrogens with zero attached hydrogens (tertiary/aromatic N) is 3. The summed E-state index contributed by atoms with van der Waals surface area (Å²) in [5, 5.41) is 13.1. The molecule has 15 heavy (non-hydrogen) atoms. The van der Waals surface area contributed by atoms with Gasteiger partial charge in [-0.1, -0.05) is 0 Å². The highest BCUT2D eigenvalue weighted by molar-refractivity contribution is 5.47. The van der Waals surface area contributed by atoms with Crippen molar-refractivity contribution in [2.24, 2.45) is 0 Å². The number of H-pyrrole nitrogens is 2. The fourth-order valence-corrected chi connectivity index (χ4v) is 1.62. The van der Waals surface area contributed by atoms with Crippen molar-refractivity contribution >= 4 is 0 Å². The molecule has 7 heteroatoms. The van der Waals surface area contributed by atoms with E-state index >= 15 is 0 Å². The van der Waals surface area contributed by atoms with Crippen LogP contribution in [0.2, 0.25) is 0 Å². The van der Waals surface area contributed by atoms with Crippen LogP contribution >= 0.6 is 0 Å². The van der Waals surface area contributed by atoms with E-state index in [2.05, 4.69) is 30.7 Å². The van der Waals surface area contributed by atoms with Gasteiger partial charge in [-0.15, -0.1) is 0 Å². The molecule has 0 saturated heterocycles. The first-order valence-electron chi connectivity index (χ1n) is 4.53. The summed E-state index contributed by atoms with van der Waals surface area (Å²) in [7, 11) is 0. The minimum atomic E-state index is -0.108. The number of nitrogens with one attached hydrogen (secondary N) is 3. The summed E-state index contributed by atoms with van der Waals surface area (Å²) in [5.74, 6) is 0.455. The maximum atomic E-state index is 11.6. The molecule has 1 aliphatic rings. The lowest BCUT2D eigenvalue weighted by Gasteiger charge is -1.99. The maximum Gasteiger partial charge on any atom is 0.256 e. The van der Waals surface area contributed by atoms with E-state index in [0.717, 1.165) is 5.69 Å². The standard InChI is InChI=1S/C8H8N6O/c15-8-4-1-9-2-5(4)11-7(12-8)6-3-10-14-13-6/h3,9H,1-2H2,(H,10,13,14)(H,11,12,15). The maximum absolute atomic E-state index is 11.6. The van der Waals surface area contributed by atoms with Crippen LogP contribution in [0.4, 0.5) is 0 Å². The molecule has 0 unspecified atom stereocenters. The van der Waals surface area contributed by atoms with Gasteiger partial charge in [0.15, 0.2) is 5.82 Å². The predicted octanol–water partition coefficient (Wildman–Crippen LogP) is -0.842. The van der Waals surface area contributed by atoms with Crippen LogP contribution in [0.1, 0.15) is 11.3 Å². The number of aromatic nitrogens is 5. The zero-order valence-electron chi connectivity index (χ0n) is 7.74. The summed E-state index contributed by atoms with van der Waals surface area (Å²) < 4.78 is 0. The van der Waals surface area contributed by atoms with Crippen LogP contribution < -0.4 is 10.9 Å². The van der Waals surface area contributed by atoms with Crippen molar-refractivity contribution in [3.8, 4) is 11.5 Å². The van der Waals surface area contributed by atoms with Crippen molar-refractivity contribution in [2.45, 2.75) is 13.1 Å². The molecule has 0 saturated carbocycles. The average molecular weight is 204 g/mol. The SMILES string of the molecule is O=c1[nH]c(-c2cn[nH]n2)nc2c1CNC2. The van der Waals surface area contributed by atoms with Gasteiger partial charge in [0, 0.05) is 13.1 Å². The van der Waals surface area contributed by atoms with Crippen molar-refractivity contribution in [2.75, 3.05) is 0 Å². The van der Waals surface area contributed by atoms with Gasteiger partial charge in [0.2, 0.25) is 0 Å². The zero-order valence-corrected chi connectivity index (χ0v) is 7.74. The van der Waals surface area contributed by atoms with E-state index in [1.165, 1.54) is 6.20 Å². The summed E-state index contributed by atoms with van der Waals surface area (Å²) in [6.45, 7) is 1.21. The molecule has 0 aromatic carbocycles. The number of hydrogen-bond donors (Lipinski definition) is 3. The van der Waals surface area contributed by atoms with Gasteiger partial charge in [0.05, 0.1) is 17.5 Å². The molecule has 0 amide bonds. The first-order valence-corrected chi connectivity index (χ1v) is 4.53. The molecule has 3 rings (SSSR count). The minimum Gasteiger partial charge on any atom is -0.307 e. The average Bonchev–Trinajstić information content (AvgIpc) is 2.88. The highest BCUT2D eigenvalue weighted by Gasteiger charge is 2.17. The van der Waals surface area contributed by atoms with Gasteiger partial charge < -0.3 is 10.3 Å². The Bertz CT molecular complexity index is 543. The Labute approximate surface area is 83.9 Å². The lowest BCUT2D eigenvalue weighted by molar-refractivity contribution is 0.757. The number of hydrogen-bond acceptors (Lipinski definition) is 5. The topological polar surface area (TPSA) is 99.4 Å². The molecule has 0 atom stereocenters. The summed E-state index contributed by atoms with van der Waals surface area (Å²) in [5.41, 5.74) is 1.93. The van der Waals surface area contributed by atoms with Gasteiger partial charge in [-0.25, -0.2) is 4.98 Å². The number of rotatable bonds is 1. The third kappa shape index (κ3) is 1.24. The second-order valence-corrected chi connectivity index (χ2v) is 3.30. The summed E-state index contributed by atoms with van der Waals surface area (Å²) >= 11 is 0. The first-order chi connectivity index (χ1) is 7.34. The second-order valence-electron chi connectivity index (χ2n) is 3.30. The van der Waals surface area contributed by atoms with Crippen LogP contribution in [-0.2, 0) is 13.1 Å². The molecule has 3 N–H and O–H groups in total. The molecular weight excluding hydrogens is 196 g/mol. The molecule has 2 aromatic heterocycles. The molecule has 2 aromatic rings. The minimum absolute atomic E-state index is 0.108. The van der Waals surface area contributed by atoms with Crippen LogP contribution in [0, 0.1) is 0 Å². The van der Waals surface area contributed by atoms with Gasteiger partial charge in [0.1, 0.15) is 5.69 Å². The molecule has 0 aliphatic carbocycles. The Morgan fingerprint density at radius 1 is 1.33 bits per heavy atom. The van der Waals surface area contributed by atoms with Crippen molar-refractivity contribution in [1.82, 2.24) is 30.7 Å². The van der Waals surface area contributed by atoms with E-state index in [-0.39, 0.29) is 5.56 Å². The number of aromatic amines is 2. The molecule has 76 valence electrons. The lowest BCUT2D eigenvalue weighted by atomic mass is 10.2. The molecule has 0 bridgehead atoms. The van der Waals surface area contributed by atoms with Crippen LogP contribution in [0.25, 0.3) is 11.5 Å². The Morgan fingerprint density at radius 3 is 3.07 bits per heavy atom. The van der Waals surface area contributed by atoms with E-state index < -0.39 is 0 Å². The third-order valence-electron chi connectivity index (χ3n) is 2.35. The van der Waals surface area contributed by atoms with Crippen LogP contribution in [0.15, 0.2) is 11.0 Å². The van der Waals surface area contributed by atoms with Gasteiger partial charge in [0.25, 0.3) is 5.56 Å². The molecule has 1 aliphatic heterocycles.